The Morgan fingerprint density at radius 1 is 1.37 bits per heavy atom. The third-order valence-corrected chi connectivity index (χ3v) is 2.63. The van der Waals surface area contributed by atoms with Crippen LogP contribution in [0.1, 0.15) is 18.9 Å². The number of rotatable bonds is 6. The number of carbonyl (C=O) groups excluding carboxylic acids is 2. The number of nitrogens with two attached hydrogens (primary N) is 2. The van der Waals surface area contributed by atoms with Crippen molar-refractivity contribution >= 4 is 17.7 Å². The lowest BCUT2D eigenvalue weighted by molar-refractivity contribution is -0.125. The fraction of sp³-hybridized carbons (Fsp3) is 0.385. The van der Waals surface area contributed by atoms with Crippen molar-refractivity contribution in [3.63, 3.8) is 0 Å². The number of primary amides is 1. The van der Waals surface area contributed by atoms with E-state index in [2.05, 4.69) is 5.32 Å². The van der Waals surface area contributed by atoms with Crippen LogP contribution in [-0.4, -0.2) is 24.6 Å². The summed E-state index contributed by atoms with van der Waals surface area (Å²) in [7, 11) is 0. The summed E-state index contributed by atoms with van der Waals surface area (Å²) in [5, 5.41) is 2.55. The fourth-order valence-corrected chi connectivity index (χ4v) is 1.49. The molecule has 0 aliphatic rings. The molecule has 104 valence electrons. The Bertz CT molecular complexity index is 449. The van der Waals surface area contributed by atoms with E-state index in [4.69, 9.17) is 16.2 Å². The van der Waals surface area contributed by atoms with Gasteiger partial charge in [0.2, 0.25) is 0 Å². The summed E-state index contributed by atoms with van der Waals surface area (Å²) in [5.41, 5.74) is 12.6. The van der Waals surface area contributed by atoms with Crippen molar-refractivity contribution in [3.8, 4) is 0 Å². The summed E-state index contributed by atoms with van der Waals surface area (Å²) in [6, 6.07) is 7.58. The molecule has 2 amide bonds. The predicted octanol–water partition coefficient (Wildman–Crippen LogP) is 0.801. The molecule has 1 aromatic carbocycles. The molecule has 0 fully saturated rings. The Kier molecular flexibility index (Phi) is 5.66. The Labute approximate surface area is 112 Å². The van der Waals surface area contributed by atoms with Gasteiger partial charge in [-0.2, -0.15) is 0 Å². The number of alkyl carbamates (subject to hydrolysis) is 1. The molecule has 6 heteroatoms. The Balaban J connectivity index is 2.23. The molecule has 1 rings (SSSR count). The maximum Gasteiger partial charge on any atom is 0.407 e. The van der Waals surface area contributed by atoms with E-state index in [1.54, 1.807) is 0 Å². The molecule has 0 saturated heterocycles. The number of hydrogen-bond acceptors (Lipinski definition) is 4. The highest BCUT2D eigenvalue weighted by molar-refractivity contribution is 5.81. The third kappa shape index (κ3) is 5.29. The molecule has 0 spiro atoms. The van der Waals surface area contributed by atoms with E-state index in [9.17, 15) is 9.59 Å². The van der Waals surface area contributed by atoms with Gasteiger partial charge in [0.05, 0.1) is 0 Å². The lowest BCUT2D eigenvalue weighted by Crippen LogP contribution is -2.35. The molecule has 1 aromatic rings. The molecule has 19 heavy (non-hydrogen) atoms. The zero-order valence-corrected chi connectivity index (χ0v) is 10.9. The normalized spacial score (nSPS) is 11.6. The van der Waals surface area contributed by atoms with Crippen LogP contribution in [0.3, 0.4) is 0 Å². The average Bonchev–Trinajstić information content (AvgIpc) is 2.36. The van der Waals surface area contributed by atoms with Crippen LogP contribution in [0.5, 0.6) is 0 Å². The summed E-state index contributed by atoms with van der Waals surface area (Å²) in [5.74, 6) is -0.674. The first-order valence-electron chi connectivity index (χ1n) is 6.08. The Morgan fingerprint density at radius 2 is 2.05 bits per heavy atom. The van der Waals surface area contributed by atoms with Gasteiger partial charge in [0.15, 0.2) is 6.10 Å². The predicted molar refractivity (Wildman–Crippen MR) is 72.3 cm³/mol. The number of anilines is 1. The third-order valence-electron chi connectivity index (χ3n) is 2.63. The van der Waals surface area contributed by atoms with Gasteiger partial charge in [0.1, 0.15) is 0 Å². The topological polar surface area (TPSA) is 107 Å². The van der Waals surface area contributed by atoms with Gasteiger partial charge in [-0.3, -0.25) is 4.79 Å². The van der Waals surface area contributed by atoms with Crippen molar-refractivity contribution < 1.29 is 14.3 Å². The van der Waals surface area contributed by atoms with E-state index in [1.165, 1.54) is 6.92 Å². The van der Waals surface area contributed by atoms with E-state index >= 15 is 0 Å². The van der Waals surface area contributed by atoms with Crippen LogP contribution in [-0.2, 0) is 16.0 Å². The molecule has 0 bridgehead atoms. The first kappa shape index (κ1) is 14.8. The first-order chi connectivity index (χ1) is 9.00. The zero-order valence-electron chi connectivity index (χ0n) is 10.9. The molecule has 0 radical (unpaired) electrons. The molecule has 0 heterocycles. The number of para-hydroxylation sites is 1. The SMILES string of the molecule is C[C@@H](OC(=O)NCCCc1ccccc1N)C(N)=O. The summed E-state index contributed by atoms with van der Waals surface area (Å²) in [6.45, 7) is 1.87. The highest BCUT2D eigenvalue weighted by Crippen LogP contribution is 2.12. The lowest BCUT2D eigenvalue weighted by atomic mass is 10.1. The number of carbonyl (C=O) groups is 2. The van der Waals surface area contributed by atoms with E-state index in [0.717, 1.165) is 24.1 Å². The number of hydrogen-bond donors (Lipinski definition) is 3. The molecule has 0 aliphatic carbocycles. The zero-order chi connectivity index (χ0) is 14.3. The summed E-state index contributed by atoms with van der Waals surface area (Å²) >= 11 is 0. The van der Waals surface area contributed by atoms with Crippen LogP contribution in [0.25, 0.3) is 0 Å². The van der Waals surface area contributed by atoms with Gasteiger partial charge in [0.25, 0.3) is 5.91 Å². The van der Waals surface area contributed by atoms with Gasteiger partial charge in [-0.15, -0.1) is 0 Å². The summed E-state index contributed by atoms with van der Waals surface area (Å²) in [6.07, 6.45) is -0.0795. The van der Waals surface area contributed by atoms with Crippen molar-refractivity contribution in [3.05, 3.63) is 29.8 Å². The molecular weight excluding hydrogens is 246 g/mol. The minimum Gasteiger partial charge on any atom is -0.436 e. The fourth-order valence-electron chi connectivity index (χ4n) is 1.49. The molecule has 0 saturated carbocycles. The Hall–Kier alpha value is -2.24. The van der Waals surface area contributed by atoms with Gasteiger partial charge >= 0.3 is 6.09 Å². The Morgan fingerprint density at radius 3 is 2.68 bits per heavy atom. The highest BCUT2D eigenvalue weighted by atomic mass is 16.6. The second-order valence-electron chi connectivity index (χ2n) is 4.18. The number of nitrogen functional groups attached to an aromatic ring is 1. The van der Waals surface area contributed by atoms with Gasteiger partial charge < -0.3 is 21.5 Å². The number of benzene rings is 1. The average molecular weight is 265 g/mol. The van der Waals surface area contributed by atoms with Crippen LogP contribution in [0.2, 0.25) is 0 Å². The first-order valence-corrected chi connectivity index (χ1v) is 6.08. The lowest BCUT2D eigenvalue weighted by Gasteiger charge is -2.10. The van der Waals surface area contributed by atoms with Gasteiger partial charge in [-0.05, 0) is 31.4 Å². The van der Waals surface area contributed by atoms with Crippen molar-refractivity contribution in [1.29, 1.82) is 0 Å². The molecule has 0 aliphatic heterocycles. The number of ether oxygens (including phenoxy) is 1. The minimum atomic E-state index is -0.926. The summed E-state index contributed by atoms with van der Waals surface area (Å²) in [4.78, 5) is 22.0. The van der Waals surface area contributed by atoms with Crippen LogP contribution >= 0.6 is 0 Å². The second kappa shape index (κ2) is 7.25. The number of nitrogens with one attached hydrogen (secondary N) is 1. The largest absolute Gasteiger partial charge is 0.436 e. The second-order valence-corrected chi connectivity index (χ2v) is 4.18. The maximum atomic E-state index is 11.3. The summed E-state index contributed by atoms with van der Waals surface area (Å²) < 4.78 is 4.74. The van der Waals surface area contributed by atoms with Crippen LogP contribution in [0.4, 0.5) is 10.5 Å². The van der Waals surface area contributed by atoms with E-state index < -0.39 is 18.1 Å². The van der Waals surface area contributed by atoms with Gasteiger partial charge in [-0.1, -0.05) is 18.2 Å². The molecule has 0 unspecified atom stereocenters. The standard InChI is InChI=1S/C13H19N3O3/c1-9(12(15)17)19-13(18)16-8-4-6-10-5-2-3-7-11(10)14/h2-3,5,7,9H,4,6,8,14H2,1H3,(H2,15,17)(H,16,18)/t9-/m1/s1. The van der Waals surface area contributed by atoms with E-state index in [0.29, 0.717) is 6.54 Å². The molecule has 6 nitrogen and oxygen atoms in total. The number of aryl methyl sites for hydroxylation is 1. The molecular formula is C13H19N3O3. The molecule has 0 aromatic heterocycles. The van der Waals surface area contributed by atoms with Crippen molar-refractivity contribution in [2.45, 2.75) is 25.9 Å². The van der Waals surface area contributed by atoms with E-state index in [1.807, 2.05) is 24.3 Å². The smallest absolute Gasteiger partial charge is 0.407 e. The van der Waals surface area contributed by atoms with Crippen LogP contribution < -0.4 is 16.8 Å². The van der Waals surface area contributed by atoms with E-state index in [-0.39, 0.29) is 0 Å². The molecule has 5 N–H and O–H groups in total. The minimum absolute atomic E-state index is 0.443. The van der Waals surface area contributed by atoms with Crippen LogP contribution in [0.15, 0.2) is 24.3 Å². The van der Waals surface area contributed by atoms with Crippen molar-refractivity contribution in [2.24, 2.45) is 5.73 Å². The van der Waals surface area contributed by atoms with Crippen molar-refractivity contribution in [2.75, 3.05) is 12.3 Å². The maximum absolute atomic E-state index is 11.3. The quantitative estimate of drug-likeness (QED) is 0.522. The van der Waals surface area contributed by atoms with Gasteiger partial charge in [0, 0.05) is 12.2 Å². The van der Waals surface area contributed by atoms with Crippen molar-refractivity contribution in [1.82, 2.24) is 5.32 Å². The van der Waals surface area contributed by atoms with Gasteiger partial charge in [-0.25, -0.2) is 4.79 Å². The van der Waals surface area contributed by atoms with Crippen LogP contribution in [0, 0.1) is 0 Å². The molecule has 1 atom stereocenters. The monoisotopic (exact) mass is 265 g/mol. The highest BCUT2D eigenvalue weighted by Gasteiger charge is 2.13. The number of amides is 2.